The first-order valence-corrected chi connectivity index (χ1v) is 10.7. The van der Waals surface area contributed by atoms with Gasteiger partial charge in [-0.1, -0.05) is 0 Å². The molecule has 0 aromatic heterocycles. The molecule has 1 aromatic carbocycles. The second-order valence-corrected chi connectivity index (χ2v) is 8.85. The summed E-state index contributed by atoms with van der Waals surface area (Å²) in [6.07, 6.45) is 2.94. The quantitative estimate of drug-likeness (QED) is 0.602. The fourth-order valence-corrected chi connectivity index (χ4v) is 4.25. The van der Waals surface area contributed by atoms with Crippen LogP contribution in [0.3, 0.4) is 0 Å². The van der Waals surface area contributed by atoms with E-state index >= 15 is 0 Å². The summed E-state index contributed by atoms with van der Waals surface area (Å²) in [7, 11) is -3.70. The van der Waals surface area contributed by atoms with E-state index in [9.17, 15) is 22.7 Å². The fourth-order valence-electron chi connectivity index (χ4n) is 3.21. The maximum atomic E-state index is 12.9. The Bertz CT molecular complexity index is 752. The van der Waals surface area contributed by atoms with Crippen molar-refractivity contribution in [2.75, 3.05) is 13.2 Å². The van der Waals surface area contributed by atoms with Crippen LogP contribution in [-0.4, -0.2) is 50.8 Å². The van der Waals surface area contributed by atoms with Crippen LogP contribution in [0.5, 0.6) is 0 Å². The molecule has 9 heteroatoms. The molecular weight excluding hydrogens is 375 g/mol. The summed E-state index contributed by atoms with van der Waals surface area (Å²) in [6, 6.07) is 4.41. The van der Waals surface area contributed by atoms with Crippen molar-refractivity contribution < 1.29 is 27.4 Å². The van der Waals surface area contributed by atoms with E-state index in [4.69, 9.17) is 4.74 Å². The summed E-state index contributed by atoms with van der Waals surface area (Å²) in [5.41, 5.74) is 0. The Morgan fingerprint density at radius 2 is 1.89 bits per heavy atom. The summed E-state index contributed by atoms with van der Waals surface area (Å²) in [5.74, 6) is -0.376. The van der Waals surface area contributed by atoms with Crippen molar-refractivity contribution in [1.29, 1.82) is 0 Å². The number of nitrogens with one attached hydrogen (secondary N) is 2. The molecule has 0 radical (unpaired) electrons. The number of carbonyl (C=O) groups excluding carboxylic acids is 1. The molecule has 0 bridgehead atoms. The van der Waals surface area contributed by atoms with Gasteiger partial charge in [0.05, 0.1) is 23.6 Å². The molecule has 1 aromatic rings. The highest BCUT2D eigenvalue weighted by atomic mass is 32.2. The van der Waals surface area contributed by atoms with Crippen LogP contribution < -0.4 is 10.0 Å². The Balaban J connectivity index is 1.46. The van der Waals surface area contributed by atoms with E-state index in [-0.39, 0.29) is 42.0 Å². The smallest absolute Gasteiger partial charge is 0.240 e. The Morgan fingerprint density at radius 3 is 2.52 bits per heavy atom. The normalized spacial score (nSPS) is 25.9. The Labute approximate surface area is 158 Å². The first-order valence-electron chi connectivity index (χ1n) is 9.21. The standard InChI is InChI=1S/C18H25FN2O5S/c19-13-3-6-15(7-4-13)27(24,25)20-10-9-14-5-8-16(17(11-22)26-14)21-18(23)12-1-2-12/h3-4,6-7,12,14,16-17,20,22H,1-2,5,8-11H2,(H,21,23)/t14-,16-,17+/m1/s1. The van der Waals surface area contributed by atoms with E-state index < -0.39 is 21.9 Å². The number of hydrogen-bond donors (Lipinski definition) is 3. The van der Waals surface area contributed by atoms with Crippen molar-refractivity contribution in [2.24, 2.45) is 5.92 Å². The van der Waals surface area contributed by atoms with E-state index in [0.29, 0.717) is 19.3 Å². The van der Waals surface area contributed by atoms with Gasteiger partial charge in [0.1, 0.15) is 11.9 Å². The van der Waals surface area contributed by atoms with Crippen LogP contribution in [0, 0.1) is 11.7 Å². The van der Waals surface area contributed by atoms with E-state index in [0.717, 1.165) is 25.0 Å². The number of ether oxygens (including phenoxy) is 1. The first-order chi connectivity index (χ1) is 12.9. The monoisotopic (exact) mass is 400 g/mol. The molecule has 1 saturated heterocycles. The lowest BCUT2D eigenvalue weighted by atomic mass is 9.97. The van der Waals surface area contributed by atoms with E-state index in [1.165, 1.54) is 12.1 Å². The maximum Gasteiger partial charge on any atom is 0.240 e. The molecule has 1 heterocycles. The van der Waals surface area contributed by atoms with E-state index in [1.54, 1.807) is 0 Å². The van der Waals surface area contributed by atoms with Crippen LogP contribution in [0.1, 0.15) is 32.1 Å². The van der Waals surface area contributed by atoms with E-state index in [1.807, 2.05) is 0 Å². The van der Waals surface area contributed by atoms with Gasteiger partial charge in [-0.15, -0.1) is 0 Å². The third kappa shape index (κ3) is 5.47. The van der Waals surface area contributed by atoms with Crippen LogP contribution in [0.15, 0.2) is 29.2 Å². The van der Waals surface area contributed by atoms with Gasteiger partial charge >= 0.3 is 0 Å². The average Bonchev–Trinajstić information content (AvgIpc) is 3.48. The zero-order chi connectivity index (χ0) is 19.4. The maximum absolute atomic E-state index is 12.9. The lowest BCUT2D eigenvalue weighted by Gasteiger charge is -2.36. The zero-order valence-corrected chi connectivity index (χ0v) is 15.8. The molecule has 2 fully saturated rings. The number of rotatable bonds is 8. The molecule has 3 N–H and O–H groups in total. The van der Waals surface area contributed by atoms with E-state index in [2.05, 4.69) is 10.0 Å². The molecule has 7 nitrogen and oxygen atoms in total. The molecule has 2 aliphatic rings. The number of amides is 1. The van der Waals surface area contributed by atoms with Gasteiger partial charge in [0, 0.05) is 12.5 Å². The molecule has 3 atom stereocenters. The second kappa shape index (κ2) is 8.64. The van der Waals surface area contributed by atoms with Crippen molar-refractivity contribution in [3.05, 3.63) is 30.1 Å². The van der Waals surface area contributed by atoms with Gasteiger partial charge in [-0.3, -0.25) is 4.79 Å². The topological polar surface area (TPSA) is 105 Å². The van der Waals surface area contributed by atoms with Gasteiger partial charge in [0.25, 0.3) is 0 Å². The van der Waals surface area contributed by atoms with Gasteiger partial charge in [-0.2, -0.15) is 0 Å². The average molecular weight is 400 g/mol. The Kier molecular flexibility index (Phi) is 6.46. The summed E-state index contributed by atoms with van der Waals surface area (Å²) >= 11 is 0. The number of hydrogen-bond acceptors (Lipinski definition) is 5. The van der Waals surface area contributed by atoms with Crippen LogP contribution >= 0.6 is 0 Å². The molecule has 1 aliphatic carbocycles. The third-order valence-corrected chi connectivity index (χ3v) is 6.43. The van der Waals surface area contributed by atoms with Crippen molar-refractivity contribution in [1.82, 2.24) is 10.0 Å². The minimum atomic E-state index is -3.70. The van der Waals surface area contributed by atoms with Gasteiger partial charge in [-0.05, 0) is 56.4 Å². The highest BCUT2D eigenvalue weighted by Gasteiger charge is 2.36. The third-order valence-electron chi connectivity index (χ3n) is 4.95. The van der Waals surface area contributed by atoms with Crippen molar-refractivity contribution >= 4 is 15.9 Å². The zero-order valence-electron chi connectivity index (χ0n) is 14.9. The minimum absolute atomic E-state index is 0.00421. The molecule has 0 unspecified atom stereocenters. The highest BCUT2D eigenvalue weighted by molar-refractivity contribution is 7.89. The molecule has 1 saturated carbocycles. The van der Waals surface area contributed by atoms with Crippen LogP contribution in [0.4, 0.5) is 4.39 Å². The number of aliphatic hydroxyl groups excluding tert-OH is 1. The van der Waals surface area contributed by atoms with Gasteiger partial charge in [0.2, 0.25) is 15.9 Å². The SMILES string of the molecule is O=C(N[C@@H]1CC[C@H](CCNS(=O)(=O)c2ccc(F)cc2)O[C@H]1CO)C1CC1. The molecule has 150 valence electrons. The Hall–Kier alpha value is -1.55. The first kappa shape index (κ1) is 20.2. The number of benzene rings is 1. The van der Waals surface area contributed by atoms with Crippen molar-refractivity contribution in [3.8, 4) is 0 Å². The second-order valence-electron chi connectivity index (χ2n) is 7.09. The van der Waals surface area contributed by atoms with Crippen molar-refractivity contribution in [2.45, 2.75) is 55.2 Å². The molecular formula is C18H25FN2O5S. The largest absolute Gasteiger partial charge is 0.394 e. The number of halogens is 1. The molecule has 0 spiro atoms. The molecule has 27 heavy (non-hydrogen) atoms. The molecule has 3 rings (SSSR count). The van der Waals surface area contributed by atoms with Crippen molar-refractivity contribution in [3.63, 3.8) is 0 Å². The Morgan fingerprint density at radius 1 is 1.19 bits per heavy atom. The lowest BCUT2D eigenvalue weighted by Crippen LogP contribution is -2.51. The summed E-state index contributed by atoms with van der Waals surface area (Å²) in [6.45, 7) is -0.0327. The van der Waals surface area contributed by atoms with Crippen LogP contribution in [0.2, 0.25) is 0 Å². The minimum Gasteiger partial charge on any atom is -0.394 e. The van der Waals surface area contributed by atoms with Gasteiger partial charge < -0.3 is 15.2 Å². The lowest BCUT2D eigenvalue weighted by molar-refractivity contribution is -0.129. The van der Waals surface area contributed by atoms with Gasteiger partial charge in [-0.25, -0.2) is 17.5 Å². The summed E-state index contributed by atoms with van der Waals surface area (Å²) in [5, 5.41) is 12.5. The van der Waals surface area contributed by atoms with Crippen LogP contribution in [0.25, 0.3) is 0 Å². The number of aliphatic hydroxyl groups is 1. The summed E-state index contributed by atoms with van der Waals surface area (Å²) in [4.78, 5) is 11.9. The van der Waals surface area contributed by atoms with Gasteiger partial charge in [0.15, 0.2) is 0 Å². The fraction of sp³-hybridized carbons (Fsp3) is 0.611. The molecule has 1 amide bonds. The van der Waals surface area contributed by atoms with Crippen LogP contribution in [-0.2, 0) is 19.6 Å². The predicted octanol–water partition coefficient (Wildman–Crippen LogP) is 0.929. The predicted molar refractivity (Wildman–Crippen MR) is 95.8 cm³/mol. The number of carbonyl (C=O) groups is 1. The molecule has 1 aliphatic heterocycles. The number of sulfonamides is 1. The highest BCUT2D eigenvalue weighted by Crippen LogP contribution is 2.30. The summed E-state index contributed by atoms with van der Waals surface area (Å²) < 4.78 is 45.6.